The molecule has 2 atom stereocenters. The Morgan fingerprint density at radius 1 is 1.00 bits per heavy atom. The summed E-state index contributed by atoms with van der Waals surface area (Å²) in [6, 6.07) is 3.39. The first-order valence-corrected chi connectivity index (χ1v) is 8.55. The minimum Gasteiger partial charge on any atom is -0.392 e. The van der Waals surface area contributed by atoms with E-state index >= 15 is 0 Å². The zero-order chi connectivity index (χ0) is 18.0. The summed E-state index contributed by atoms with van der Waals surface area (Å²) in [5, 5.41) is 17.7. The molecule has 5 nitrogen and oxygen atoms in total. The Balaban J connectivity index is 0.000000160. The molecule has 0 spiro atoms. The molecule has 0 aromatic carbocycles. The number of anilines is 1. The fourth-order valence-electron chi connectivity index (χ4n) is 3.21. The lowest BCUT2D eigenvalue weighted by Crippen LogP contribution is -2.23. The van der Waals surface area contributed by atoms with Gasteiger partial charge in [0.1, 0.15) is 5.82 Å². The van der Waals surface area contributed by atoms with E-state index in [1.807, 2.05) is 6.92 Å². The molecule has 2 unspecified atom stereocenters. The number of nitrogens with zero attached hydrogens (tertiary/aromatic N) is 3. The standard InChI is InChI=1S/C12H16N2O.C7H8FNO/c1-8-2-12(13-4-11(8)7-15)14-5-9-3-10(9)6-14;1-5-2-7(8)9-3-6(5)4-10/h2,4,9-10,15H,3,5-7H2,1H3;2-3,10H,4H2,1H3. The number of aryl methyl sites for hydroxylation is 2. The van der Waals surface area contributed by atoms with E-state index in [0.717, 1.165) is 34.3 Å². The van der Waals surface area contributed by atoms with E-state index in [0.29, 0.717) is 5.56 Å². The molecule has 6 heteroatoms. The number of hydrogen-bond acceptors (Lipinski definition) is 5. The highest BCUT2D eigenvalue weighted by Crippen LogP contribution is 2.45. The van der Waals surface area contributed by atoms with Crippen LogP contribution in [0.2, 0.25) is 0 Å². The molecular formula is C19H24FN3O2. The molecule has 4 rings (SSSR count). The summed E-state index contributed by atoms with van der Waals surface area (Å²) in [5.74, 6) is 2.45. The van der Waals surface area contributed by atoms with E-state index in [4.69, 9.17) is 10.2 Å². The zero-order valence-corrected chi connectivity index (χ0v) is 14.6. The zero-order valence-electron chi connectivity index (χ0n) is 14.6. The molecule has 0 amide bonds. The Morgan fingerprint density at radius 3 is 2.08 bits per heavy atom. The average molecular weight is 345 g/mol. The molecule has 2 N–H and O–H groups in total. The van der Waals surface area contributed by atoms with Crippen LogP contribution in [0.3, 0.4) is 0 Å². The van der Waals surface area contributed by atoms with Crippen LogP contribution in [0.5, 0.6) is 0 Å². The lowest BCUT2D eigenvalue weighted by molar-refractivity contribution is 0.280. The Morgan fingerprint density at radius 2 is 1.56 bits per heavy atom. The molecule has 1 aliphatic carbocycles. The number of piperidine rings is 1. The number of fused-ring (bicyclic) bond motifs is 1. The van der Waals surface area contributed by atoms with Gasteiger partial charge in [-0.05, 0) is 66.5 Å². The second-order valence-corrected chi connectivity index (χ2v) is 6.88. The number of aromatic nitrogens is 2. The molecule has 0 bridgehead atoms. The molecule has 25 heavy (non-hydrogen) atoms. The van der Waals surface area contributed by atoms with Crippen LogP contribution in [0.15, 0.2) is 24.5 Å². The van der Waals surface area contributed by atoms with Crippen molar-refractivity contribution in [3.63, 3.8) is 0 Å². The van der Waals surface area contributed by atoms with Gasteiger partial charge in [0.2, 0.25) is 5.95 Å². The highest BCUT2D eigenvalue weighted by molar-refractivity contribution is 5.45. The maximum absolute atomic E-state index is 12.3. The van der Waals surface area contributed by atoms with Crippen LogP contribution in [0, 0.1) is 31.6 Å². The SMILES string of the molecule is Cc1cc(F)ncc1CO.Cc1cc(N2CC3CC3C2)ncc1CO. The monoisotopic (exact) mass is 345 g/mol. The molecule has 0 radical (unpaired) electrons. The van der Waals surface area contributed by atoms with Gasteiger partial charge in [-0.25, -0.2) is 9.97 Å². The molecule has 2 aromatic rings. The maximum Gasteiger partial charge on any atom is 0.213 e. The summed E-state index contributed by atoms with van der Waals surface area (Å²) in [6.07, 6.45) is 4.56. The Kier molecular flexibility index (Phi) is 5.30. The molecule has 2 fully saturated rings. The number of rotatable bonds is 3. The Hall–Kier alpha value is -2.05. The topological polar surface area (TPSA) is 69.5 Å². The summed E-state index contributed by atoms with van der Waals surface area (Å²) in [6.45, 7) is 6.12. The van der Waals surface area contributed by atoms with E-state index in [9.17, 15) is 4.39 Å². The fraction of sp³-hybridized carbons (Fsp3) is 0.474. The number of aliphatic hydroxyl groups is 2. The van der Waals surface area contributed by atoms with Crippen LogP contribution in [-0.2, 0) is 13.2 Å². The fourth-order valence-corrected chi connectivity index (χ4v) is 3.21. The number of halogens is 1. The first kappa shape index (κ1) is 17.8. The van der Waals surface area contributed by atoms with Crippen molar-refractivity contribution in [1.29, 1.82) is 0 Å². The van der Waals surface area contributed by atoms with Gasteiger partial charge in [-0.15, -0.1) is 0 Å². The van der Waals surface area contributed by atoms with Crippen molar-refractivity contribution < 1.29 is 14.6 Å². The summed E-state index contributed by atoms with van der Waals surface area (Å²) in [4.78, 5) is 10.2. The van der Waals surface area contributed by atoms with Gasteiger partial charge < -0.3 is 15.1 Å². The number of hydrogen-bond donors (Lipinski definition) is 2. The van der Waals surface area contributed by atoms with Gasteiger partial charge in [0, 0.05) is 25.5 Å². The van der Waals surface area contributed by atoms with Gasteiger partial charge in [-0.3, -0.25) is 0 Å². The highest BCUT2D eigenvalue weighted by Gasteiger charge is 2.45. The minimum absolute atomic E-state index is 0.0842. The second-order valence-electron chi connectivity index (χ2n) is 6.88. The number of aliphatic hydroxyl groups excluding tert-OH is 2. The summed E-state index contributed by atoms with van der Waals surface area (Å²) in [7, 11) is 0. The van der Waals surface area contributed by atoms with Gasteiger partial charge in [0.15, 0.2) is 0 Å². The third kappa shape index (κ3) is 4.14. The van der Waals surface area contributed by atoms with E-state index in [-0.39, 0.29) is 13.2 Å². The average Bonchev–Trinajstić information content (AvgIpc) is 3.21. The van der Waals surface area contributed by atoms with Crippen LogP contribution in [0.4, 0.5) is 10.2 Å². The largest absolute Gasteiger partial charge is 0.392 e. The van der Waals surface area contributed by atoms with Crippen molar-refractivity contribution in [2.24, 2.45) is 11.8 Å². The molecule has 3 heterocycles. The minimum atomic E-state index is -0.505. The van der Waals surface area contributed by atoms with Crippen LogP contribution in [0.1, 0.15) is 28.7 Å². The number of pyridine rings is 2. The van der Waals surface area contributed by atoms with Crippen molar-refractivity contribution >= 4 is 5.82 Å². The van der Waals surface area contributed by atoms with Gasteiger partial charge in [0.25, 0.3) is 0 Å². The third-order valence-corrected chi connectivity index (χ3v) is 5.03. The Labute approximate surface area is 147 Å². The smallest absolute Gasteiger partial charge is 0.213 e. The predicted molar refractivity (Wildman–Crippen MR) is 93.6 cm³/mol. The van der Waals surface area contributed by atoms with E-state index in [2.05, 4.69) is 20.9 Å². The molecule has 1 aliphatic heterocycles. The quantitative estimate of drug-likeness (QED) is 0.836. The van der Waals surface area contributed by atoms with Crippen LogP contribution < -0.4 is 4.90 Å². The molecule has 1 saturated carbocycles. The predicted octanol–water partition coefficient (Wildman–Crippen LogP) is 2.36. The van der Waals surface area contributed by atoms with E-state index in [1.54, 1.807) is 13.1 Å². The first-order chi connectivity index (χ1) is 12.0. The second kappa shape index (κ2) is 7.45. The molecular weight excluding hydrogens is 321 g/mol. The van der Waals surface area contributed by atoms with E-state index in [1.165, 1.54) is 31.8 Å². The normalized spacial score (nSPS) is 20.8. The summed E-state index contributed by atoms with van der Waals surface area (Å²) >= 11 is 0. The summed E-state index contributed by atoms with van der Waals surface area (Å²) < 4.78 is 12.3. The first-order valence-electron chi connectivity index (χ1n) is 8.55. The maximum atomic E-state index is 12.3. The molecule has 134 valence electrons. The molecule has 1 saturated heterocycles. The van der Waals surface area contributed by atoms with Crippen molar-refractivity contribution in [3.8, 4) is 0 Å². The lowest BCUT2D eigenvalue weighted by Gasteiger charge is -2.19. The lowest BCUT2D eigenvalue weighted by atomic mass is 10.1. The molecule has 2 aromatic heterocycles. The van der Waals surface area contributed by atoms with Crippen LogP contribution in [-0.4, -0.2) is 33.3 Å². The van der Waals surface area contributed by atoms with Crippen molar-refractivity contribution in [3.05, 3.63) is 52.7 Å². The van der Waals surface area contributed by atoms with Gasteiger partial charge in [-0.2, -0.15) is 4.39 Å². The van der Waals surface area contributed by atoms with Crippen molar-refractivity contribution in [2.45, 2.75) is 33.5 Å². The summed E-state index contributed by atoms with van der Waals surface area (Å²) in [5.41, 5.74) is 3.47. The van der Waals surface area contributed by atoms with Crippen molar-refractivity contribution in [1.82, 2.24) is 9.97 Å². The third-order valence-electron chi connectivity index (χ3n) is 5.03. The Bertz CT molecular complexity index is 743. The van der Waals surface area contributed by atoms with Crippen LogP contribution in [0.25, 0.3) is 0 Å². The van der Waals surface area contributed by atoms with Gasteiger partial charge in [-0.1, -0.05) is 0 Å². The highest BCUT2D eigenvalue weighted by atomic mass is 19.1. The van der Waals surface area contributed by atoms with E-state index < -0.39 is 5.95 Å². The van der Waals surface area contributed by atoms with Crippen LogP contribution >= 0.6 is 0 Å². The molecule has 2 aliphatic rings. The van der Waals surface area contributed by atoms with Crippen molar-refractivity contribution in [2.75, 3.05) is 18.0 Å². The van der Waals surface area contributed by atoms with Gasteiger partial charge >= 0.3 is 0 Å². The van der Waals surface area contributed by atoms with Gasteiger partial charge in [0.05, 0.1) is 13.2 Å².